The molecule has 0 spiro atoms. The van der Waals surface area contributed by atoms with E-state index in [4.69, 9.17) is 4.74 Å². The number of nitro groups is 1. The van der Waals surface area contributed by atoms with Crippen molar-refractivity contribution in [1.29, 1.82) is 0 Å². The van der Waals surface area contributed by atoms with E-state index in [9.17, 15) is 14.9 Å². The number of hydrogen-bond donors (Lipinski definition) is 1. The molecule has 0 fully saturated rings. The Hall–Kier alpha value is -3.22. The number of hydrogen-bond acceptors (Lipinski definition) is 5. The highest BCUT2D eigenvalue weighted by Gasteiger charge is 2.16. The van der Waals surface area contributed by atoms with E-state index in [1.807, 2.05) is 30.3 Å². The van der Waals surface area contributed by atoms with Gasteiger partial charge in [0.1, 0.15) is 0 Å². The SMILES string of the molecule is CC(=NNC(=O)COc1ccc(C)cc1[N+](=O)[O-])c1ccccc1. The zero-order valence-electron chi connectivity index (χ0n) is 13.4. The van der Waals surface area contributed by atoms with Crippen molar-refractivity contribution in [2.45, 2.75) is 13.8 Å². The van der Waals surface area contributed by atoms with E-state index in [1.54, 1.807) is 19.9 Å². The third-order valence-corrected chi connectivity index (χ3v) is 3.21. The number of nitro benzene ring substituents is 1. The van der Waals surface area contributed by atoms with Crippen LogP contribution in [0.4, 0.5) is 5.69 Å². The maximum Gasteiger partial charge on any atom is 0.311 e. The topological polar surface area (TPSA) is 93.8 Å². The molecule has 0 heterocycles. The van der Waals surface area contributed by atoms with Gasteiger partial charge in [0.05, 0.1) is 10.6 Å². The number of nitrogens with zero attached hydrogens (tertiary/aromatic N) is 2. The van der Waals surface area contributed by atoms with E-state index in [0.717, 1.165) is 11.1 Å². The number of carbonyl (C=O) groups excluding carboxylic acids is 1. The van der Waals surface area contributed by atoms with E-state index in [2.05, 4.69) is 10.5 Å². The van der Waals surface area contributed by atoms with Gasteiger partial charge in [0.25, 0.3) is 5.91 Å². The van der Waals surface area contributed by atoms with Crippen LogP contribution in [-0.4, -0.2) is 23.1 Å². The van der Waals surface area contributed by atoms with Crippen molar-refractivity contribution < 1.29 is 14.5 Å². The summed E-state index contributed by atoms with van der Waals surface area (Å²) in [5.41, 5.74) is 4.45. The van der Waals surface area contributed by atoms with Gasteiger partial charge in [0, 0.05) is 6.07 Å². The maximum atomic E-state index is 11.8. The number of ether oxygens (including phenoxy) is 1. The molecule has 1 amide bonds. The third-order valence-electron chi connectivity index (χ3n) is 3.21. The molecule has 0 bridgehead atoms. The first-order chi connectivity index (χ1) is 11.5. The summed E-state index contributed by atoms with van der Waals surface area (Å²) in [6.07, 6.45) is 0. The molecule has 124 valence electrons. The lowest BCUT2D eigenvalue weighted by Crippen LogP contribution is -2.25. The lowest BCUT2D eigenvalue weighted by atomic mass is 10.1. The summed E-state index contributed by atoms with van der Waals surface area (Å²) in [5.74, 6) is -0.454. The fraction of sp³-hybridized carbons (Fsp3) is 0.176. The van der Waals surface area contributed by atoms with Gasteiger partial charge in [0.2, 0.25) is 0 Å². The molecule has 2 aromatic carbocycles. The van der Waals surface area contributed by atoms with Gasteiger partial charge in [-0.2, -0.15) is 5.10 Å². The molecule has 0 aliphatic rings. The van der Waals surface area contributed by atoms with E-state index < -0.39 is 10.8 Å². The average molecular weight is 327 g/mol. The molecule has 1 N–H and O–H groups in total. The Labute approximate surface area is 139 Å². The summed E-state index contributed by atoms with van der Waals surface area (Å²) >= 11 is 0. The normalized spacial score (nSPS) is 11.0. The van der Waals surface area contributed by atoms with Gasteiger partial charge in [-0.1, -0.05) is 36.4 Å². The van der Waals surface area contributed by atoms with Crippen molar-refractivity contribution in [3.63, 3.8) is 0 Å². The molecule has 0 unspecified atom stereocenters. The van der Waals surface area contributed by atoms with E-state index in [0.29, 0.717) is 5.71 Å². The molecule has 0 aromatic heterocycles. The largest absolute Gasteiger partial charge is 0.477 e. The molecular formula is C17H17N3O4. The Morgan fingerprint density at radius 2 is 1.96 bits per heavy atom. The van der Waals surface area contributed by atoms with Gasteiger partial charge in [-0.05, 0) is 31.0 Å². The maximum absolute atomic E-state index is 11.8. The van der Waals surface area contributed by atoms with Crippen LogP contribution in [0.25, 0.3) is 0 Å². The molecule has 24 heavy (non-hydrogen) atoms. The number of hydrazone groups is 1. The summed E-state index contributed by atoms with van der Waals surface area (Å²) in [5, 5.41) is 15.0. The smallest absolute Gasteiger partial charge is 0.311 e. The van der Waals surface area contributed by atoms with Crippen molar-refractivity contribution in [2.24, 2.45) is 5.10 Å². The molecule has 0 atom stereocenters. The summed E-state index contributed by atoms with van der Waals surface area (Å²) in [4.78, 5) is 22.2. The molecule has 2 rings (SSSR count). The molecule has 2 aromatic rings. The van der Waals surface area contributed by atoms with Gasteiger partial charge < -0.3 is 4.74 Å². The lowest BCUT2D eigenvalue weighted by molar-refractivity contribution is -0.385. The number of nitrogens with one attached hydrogen (secondary N) is 1. The first kappa shape index (κ1) is 17.1. The van der Waals surface area contributed by atoms with Gasteiger partial charge in [-0.25, -0.2) is 5.43 Å². The van der Waals surface area contributed by atoms with Crippen LogP contribution < -0.4 is 10.2 Å². The Morgan fingerprint density at radius 1 is 1.25 bits per heavy atom. The predicted octanol–water partition coefficient (Wildman–Crippen LogP) is 2.82. The Morgan fingerprint density at radius 3 is 2.62 bits per heavy atom. The fourth-order valence-electron chi connectivity index (χ4n) is 1.96. The minimum absolute atomic E-state index is 0.0458. The summed E-state index contributed by atoms with van der Waals surface area (Å²) in [6.45, 7) is 3.14. The van der Waals surface area contributed by atoms with Crippen LogP contribution in [0.1, 0.15) is 18.1 Å². The lowest BCUT2D eigenvalue weighted by Gasteiger charge is -2.07. The highest BCUT2D eigenvalue weighted by atomic mass is 16.6. The second-order valence-corrected chi connectivity index (χ2v) is 5.12. The average Bonchev–Trinajstić information content (AvgIpc) is 2.59. The minimum atomic E-state index is -0.544. The van der Waals surface area contributed by atoms with Crippen LogP contribution in [0.15, 0.2) is 53.6 Å². The highest BCUT2D eigenvalue weighted by Crippen LogP contribution is 2.27. The van der Waals surface area contributed by atoms with Gasteiger partial charge >= 0.3 is 5.69 Å². The molecule has 0 aliphatic heterocycles. The summed E-state index contributed by atoms with van der Waals surface area (Å²) < 4.78 is 5.23. The monoisotopic (exact) mass is 327 g/mol. The number of rotatable bonds is 6. The zero-order chi connectivity index (χ0) is 17.5. The van der Waals surface area contributed by atoms with Crippen molar-refractivity contribution >= 4 is 17.3 Å². The first-order valence-electron chi connectivity index (χ1n) is 7.24. The number of aryl methyl sites for hydroxylation is 1. The quantitative estimate of drug-likeness (QED) is 0.501. The van der Waals surface area contributed by atoms with E-state index >= 15 is 0 Å². The van der Waals surface area contributed by atoms with Crippen LogP contribution in [0.2, 0.25) is 0 Å². The number of benzene rings is 2. The van der Waals surface area contributed by atoms with Crippen molar-refractivity contribution in [3.05, 3.63) is 69.8 Å². The van der Waals surface area contributed by atoms with Gasteiger partial charge in [-0.3, -0.25) is 14.9 Å². The van der Waals surface area contributed by atoms with E-state index in [-0.39, 0.29) is 18.0 Å². The molecule has 7 nitrogen and oxygen atoms in total. The van der Waals surface area contributed by atoms with Crippen LogP contribution in [0.5, 0.6) is 5.75 Å². The van der Waals surface area contributed by atoms with Crippen molar-refractivity contribution in [3.8, 4) is 5.75 Å². The second kappa shape index (κ2) is 7.87. The summed E-state index contributed by atoms with van der Waals surface area (Å²) in [7, 11) is 0. The van der Waals surface area contributed by atoms with Gasteiger partial charge in [0.15, 0.2) is 12.4 Å². The number of carbonyl (C=O) groups is 1. The Balaban J connectivity index is 1.96. The molecular weight excluding hydrogens is 310 g/mol. The molecule has 0 aliphatic carbocycles. The minimum Gasteiger partial charge on any atom is -0.477 e. The molecule has 0 saturated heterocycles. The van der Waals surface area contributed by atoms with E-state index in [1.165, 1.54) is 12.1 Å². The zero-order valence-corrected chi connectivity index (χ0v) is 13.4. The Bertz CT molecular complexity index is 773. The van der Waals surface area contributed by atoms with Crippen LogP contribution in [0.3, 0.4) is 0 Å². The molecule has 0 saturated carbocycles. The van der Waals surface area contributed by atoms with Gasteiger partial charge in [-0.15, -0.1) is 0 Å². The van der Waals surface area contributed by atoms with Crippen molar-refractivity contribution in [2.75, 3.05) is 6.61 Å². The van der Waals surface area contributed by atoms with Crippen LogP contribution >= 0.6 is 0 Å². The molecule has 0 radical (unpaired) electrons. The second-order valence-electron chi connectivity index (χ2n) is 5.12. The fourth-order valence-corrected chi connectivity index (χ4v) is 1.96. The van der Waals surface area contributed by atoms with Crippen LogP contribution in [-0.2, 0) is 4.79 Å². The Kier molecular flexibility index (Phi) is 5.62. The summed E-state index contributed by atoms with van der Waals surface area (Å²) in [6, 6.07) is 13.9. The standard InChI is InChI=1S/C17H17N3O4/c1-12-8-9-16(15(10-12)20(22)23)24-11-17(21)19-18-13(2)14-6-4-3-5-7-14/h3-10H,11H2,1-2H3,(H,19,21). The molecule has 7 heteroatoms. The highest BCUT2D eigenvalue weighted by molar-refractivity contribution is 5.99. The van der Waals surface area contributed by atoms with Crippen molar-refractivity contribution in [1.82, 2.24) is 5.43 Å². The third kappa shape index (κ3) is 4.64. The van der Waals surface area contributed by atoms with Crippen LogP contribution in [0, 0.1) is 17.0 Å². The predicted molar refractivity (Wildman–Crippen MR) is 90.1 cm³/mol. The number of amides is 1. The first-order valence-corrected chi connectivity index (χ1v) is 7.24.